The maximum absolute atomic E-state index is 11.5. The molecule has 0 bridgehead atoms. The van der Waals surface area contributed by atoms with E-state index >= 15 is 0 Å². The van der Waals surface area contributed by atoms with Crippen molar-refractivity contribution in [2.45, 2.75) is 12.8 Å². The SMILES string of the molecule is C=C1CC(=O)N(CCN2C(=O)CC(=C)C2=O)C1=O. The Morgan fingerprint density at radius 1 is 0.778 bits per heavy atom. The molecule has 0 aromatic carbocycles. The van der Waals surface area contributed by atoms with Crippen LogP contribution in [-0.4, -0.2) is 46.5 Å². The Kier molecular flexibility index (Phi) is 2.86. The predicted octanol–water partition coefficient (Wildman–Crippen LogP) is -0.383. The highest BCUT2D eigenvalue weighted by Crippen LogP contribution is 2.19. The largest absolute Gasteiger partial charge is 0.277 e. The minimum absolute atomic E-state index is 0.00738. The van der Waals surface area contributed by atoms with Gasteiger partial charge in [0.2, 0.25) is 11.8 Å². The van der Waals surface area contributed by atoms with Gasteiger partial charge in [0, 0.05) is 24.2 Å². The third kappa shape index (κ3) is 1.85. The normalized spacial score (nSPS) is 20.7. The molecule has 6 nitrogen and oxygen atoms in total. The summed E-state index contributed by atoms with van der Waals surface area (Å²) < 4.78 is 0. The van der Waals surface area contributed by atoms with Crippen LogP contribution < -0.4 is 0 Å². The first-order chi connectivity index (χ1) is 8.41. The standard InChI is InChI=1S/C12H12N2O4/c1-7-5-9(15)13(11(7)17)3-4-14-10(16)6-8(2)12(14)18/h1-6H2. The van der Waals surface area contributed by atoms with Crippen LogP contribution in [-0.2, 0) is 19.2 Å². The molecule has 0 aromatic heterocycles. The smallest absolute Gasteiger partial charge is 0.256 e. The molecule has 0 radical (unpaired) electrons. The fourth-order valence-corrected chi connectivity index (χ4v) is 1.97. The average molecular weight is 248 g/mol. The molecule has 0 unspecified atom stereocenters. The minimum atomic E-state index is -0.432. The summed E-state index contributed by atoms with van der Waals surface area (Å²) in [5.74, 6) is -1.55. The molecule has 6 heteroatoms. The Balaban J connectivity index is 2.00. The van der Waals surface area contributed by atoms with Gasteiger partial charge in [0.1, 0.15) is 0 Å². The van der Waals surface area contributed by atoms with Crippen LogP contribution in [0.3, 0.4) is 0 Å². The van der Waals surface area contributed by atoms with Gasteiger partial charge in [0.05, 0.1) is 12.8 Å². The summed E-state index contributed by atoms with van der Waals surface area (Å²) in [5, 5.41) is 0. The van der Waals surface area contributed by atoms with E-state index in [0.29, 0.717) is 0 Å². The van der Waals surface area contributed by atoms with Gasteiger partial charge in [0.15, 0.2) is 0 Å². The molecular weight excluding hydrogens is 236 g/mol. The fraction of sp³-hybridized carbons (Fsp3) is 0.333. The number of carbonyl (C=O) groups is 4. The maximum atomic E-state index is 11.5. The number of amides is 4. The second-order valence-electron chi connectivity index (χ2n) is 4.26. The highest BCUT2D eigenvalue weighted by Gasteiger charge is 2.36. The van der Waals surface area contributed by atoms with E-state index in [1.807, 2.05) is 0 Å². The Hall–Kier alpha value is -2.24. The molecule has 18 heavy (non-hydrogen) atoms. The van der Waals surface area contributed by atoms with E-state index in [9.17, 15) is 19.2 Å². The molecule has 2 heterocycles. The van der Waals surface area contributed by atoms with Crippen molar-refractivity contribution in [1.82, 2.24) is 9.80 Å². The Morgan fingerprint density at radius 3 is 1.33 bits per heavy atom. The monoisotopic (exact) mass is 248 g/mol. The van der Waals surface area contributed by atoms with Crippen LogP contribution >= 0.6 is 0 Å². The van der Waals surface area contributed by atoms with Gasteiger partial charge in [-0.15, -0.1) is 0 Å². The van der Waals surface area contributed by atoms with Crippen LogP contribution in [0.1, 0.15) is 12.8 Å². The van der Waals surface area contributed by atoms with Gasteiger partial charge in [-0.25, -0.2) is 0 Å². The van der Waals surface area contributed by atoms with Crippen LogP contribution in [0.25, 0.3) is 0 Å². The molecule has 0 saturated carbocycles. The lowest BCUT2D eigenvalue weighted by Gasteiger charge is -2.18. The third-order valence-electron chi connectivity index (χ3n) is 2.97. The molecule has 2 saturated heterocycles. The zero-order chi connectivity index (χ0) is 13.4. The van der Waals surface area contributed by atoms with E-state index in [-0.39, 0.29) is 48.9 Å². The minimum Gasteiger partial charge on any atom is -0.277 e. The molecule has 2 rings (SSSR count). The van der Waals surface area contributed by atoms with Crippen molar-refractivity contribution in [3.63, 3.8) is 0 Å². The Morgan fingerprint density at radius 2 is 1.11 bits per heavy atom. The predicted molar refractivity (Wildman–Crippen MR) is 61.0 cm³/mol. The lowest BCUT2D eigenvalue weighted by Crippen LogP contribution is -2.40. The summed E-state index contributed by atoms with van der Waals surface area (Å²) in [6.07, 6.45) is 0.0148. The number of imide groups is 2. The molecule has 2 fully saturated rings. The third-order valence-corrected chi connectivity index (χ3v) is 2.97. The summed E-state index contributed by atoms with van der Waals surface area (Å²) in [6.45, 7) is 7.00. The molecule has 2 aliphatic heterocycles. The lowest BCUT2D eigenvalue weighted by molar-refractivity contribution is -0.143. The maximum Gasteiger partial charge on any atom is 0.256 e. The summed E-state index contributed by atoms with van der Waals surface area (Å²) in [5.41, 5.74) is 0.479. The zero-order valence-corrected chi connectivity index (χ0v) is 9.77. The first kappa shape index (κ1) is 12.2. The number of hydrogen-bond acceptors (Lipinski definition) is 4. The zero-order valence-electron chi connectivity index (χ0n) is 9.77. The molecule has 0 aromatic rings. The molecule has 0 aliphatic carbocycles. The number of nitrogens with zero attached hydrogens (tertiary/aromatic N) is 2. The van der Waals surface area contributed by atoms with Gasteiger partial charge in [-0.05, 0) is 0 Å². The van der Waals surface area contributed by atoms with Gasteiger partial charge >= 0.3 is 0 Å². The number of rotatable bonds is 3. The highest BCUT2D eigenvalue weighted by atomic mass is 16.2. The Bertz CT molecular complexity index is 460. The quantitative estimate of drug-likeness (QED) is 0.504. The molecule has 0 atom stereocenters. The molecule has 0 spiro atoms. The summed E-state index contributed by atoms with van der Waals surface area (Å²) in [6, 6.07) is 0. The van der Waals surface area contributed by atoms with E-state index in [2.05, 4.69) is 13.2 Å². The fourth-order valence-electron chi connectivity index (χ4n) is 1.97. The molecule has 0 N–H and O–H groups in total. The first-order valence-corrected chi connectivity index (χ1v) is 5.46. The van der Waals surface area contributed by atoms with Crippen molar-refractivity contribution >= 4 is 23.6 Å². The highest BCUT2D eigenvalue weighted by molar-refractivity contribution is 6.14. The van der Waals surface area contributed by atoms with E-state index in [0.717, 1.165) is 9.80 Å². The van der Waals surface area contributed by atoms with Gasteiger partial charge in [-0.3, -0.25) is 29.0 Å². The van der Waals surface area contributed by atoms with E-state index in [1.165, 1.54) is 0 Å². The molecule has 94 valence electrons. The van der Waals surface area contributed by atoms with Crippen molar-refractivity contribution in [2.24, 2.45) is 0 Å². The van der Waals surface area contributed by atoms with Crippen LogP contribution in [0.15, 0.2) is 24.3 Å². The number of hydrogen-bond donors (Lipinski definition) is 0. The number of carbonyl (C=O) groups excluding carboxylic acids is 4. The topological polar surface area (TPSA) is 74.8 Å². The van der Waals surface area contributed by atoms with Crippen LogP contribution in [0.4, 0.5) is 0 Å². The average Bonchev–Trinajstić information content (AvgIpc) is 2.67. The molecule has 4 amide bonds. The summed E-state index contributed by atoms with van der Waals surface area (Å²) in [4.78, 5) is 48.1. The Labute approximate surface area is 104 Å². The van der Waals surface area contributed by atoms with Gasteiger partial charge in [0.25, 0.3) is 11.8 Å². The van der Waals surface area contributed by atoms with Crippen molar-refractivity contribution in [2.75, 3.05) is 13.1 Å². The van der Waals surface area contributed by atoms with Crippen LogP contribution in [0.2, 0.25) is 0 Å². The van der Waals surface area contributed by atoms with E-state index in [1.54, 1.807) is 0 Å². The van der Waals surface area contributed by atoms with Gasteiger partial charge in [-0.1, -0.05) is 13.2 Å². The summed E-state index contributed by atoms with van der Waals surface area (Å²) >= 11 is 0. The van der Waals surface area contributed by atoms with E-state index < -0.39 is 11.8 Å². The van der Waals surface area contributed by atoms with Crippen LogP contribution in [0.5, 0.6) is 0 Å². The van der Waals surface area contributed by atoms with Crippen molar-refractivity contribution in [3.05, 3.63) is 24.3 Å². The van der Waals surface area contributed by atoms with Crippen LogP contribution in [0, 0.1) is 0 Å². The first-order valence-electron chi connectivity index (χ1n) is 5.46. The van der Waals surface area contributed by atoms with E-state index in [4.69, 9.17) is 0 Å². The van der Waals surface area contributed by atoms with Crippen molar-refractivity contribution in [1.29, 1.82) is 0 Å². The van der Waals surface area contributed by atoms with Gasteiger partial charge < -0.3 is 0 Å². The number of likely N-dealkylation sites (tertiary alicyclic amines) is 2. The lowest BCUT2D eigenvalue weighted by atomic mass is 10.3. The second kappa shape index (κ2) is 4.21. The van der Waals surface area contributed by atoms with Gasteiger partial charge in [-0.2, -0.15) is 0 Å². The summed E-state index contributed by atoms with van der Waals surface area (Å²) in [7, 11) is 0. The van der Waals surface area contributed by atoms with Crippen molar-refractivity contribution < 1.29 is 19.2 Å². The molecular formula is C12H12N2O4. The second-order valence-corrected chi connectivity index (χ2v) is 4.26. The molecule has 2 aliphatic rings. The van der Waals surface area contributed by atoms with Crippen molar-refractivity contribution in [3.8, 4) is 0 Å².